The van der Waals surface area contributed by atoms with Crippen LogP contribution >= 0.6 is 11.6 Å². The molecule has 0 aliphatic carbocycles. The Hall–Kier alpha value is -2.73. The average Bonchev–Trinajstić information content (AvgIpc) is 2.61. The molecule has 0 radical (unpaired) electrons. The molecule has 2 aromatic rings. The zero-order valence-electron chi connectivity index (χ0n) is 14.7. The van der Waals surface area contributed by atoms with E-state index < -0.39 is 6.10 Å². The van der Waals surface area contributed by atoms with Crippen LogP contribution in [0.4, 0.5) is 11.4 Å². The number of hydrogen-bond acceptors (Lipinski definition) is 4. The number of para-hydroxylation sites is 2. The van der Waals surface area contributed by atoms with Gasteiger partial charge in [0.15, 0.2) is 6.10 Å². The van der Waals surface area contributed by atoms with Gasteiger partial charge in [-0.2, -0.15) is 0 Å². The van der Waals surface area contributed by atoms with E-state index in [0.29, 0.717) is 27.9 Å². The molecule has 0 bridgehead atoms. The Morgan fingerprint density at radius 1 is 1.35 bits per heavy atom. The molecule has 1 heterocycles. The van der Waals surface area contributed by atoms with Crippen LogP contribution in [0.3, 0.4) is 0 Å². The van der Waals surface area contributed by atoms with Gasteiger partial charge >= 0.3 is 0 Å². The molecule has 0 saturated carbocycles. The van der Waals surface area contributed by atoms with Gasteiger partial charge in [0.2, 0.25) is 5.91 Å². The highest BCUT2D eigenvalue weighted by Gasteiger charge is 2.32. The lowest BCUT2D eigenvalue weighted by molar-refractivity contribution is -0.127. The lowest BCUT2D eigenvalue weighted by atomic mass is 10.1. The number of nitrogens with one attached hydrogen (secondary N) is 1. The second kappa shape index (κ2) is 7.25. The number of methoxy groups -OCH3 is 1. The summed E-state index contributed by atoms with van der Waals surface area (Å²) in [5, 5.41) is 3.33. The summed E-state index contributed by atoms with van der Waals surface area (Å²) in [6.07, 6.45) is -0.648. The largest absolute Gasteiger partial charge is 0.495 e. The van der Waals surface area contributed by atoms with E-state index in [1.54, 1.807) is 37.3 Å². The number of amides is 2. The third kappa shape index (κ3) is 3.46. The van der Waals surface area contributed by atoms with Crippen LogP contribution in [-0.2, 0) is 9.59 Å². The number of carbonyl (C=O) groups is 2. The van der Waals surface area contributed by atoms with Gasteiger partial charge in [-0.15, -0.1) is 0 Å². The minimum absolute atomic E-state index is 0.131. The number of anilines is 2. The SMILES string of the molecule is COc1cc(Cl)c(C)cc1NC(=O)CN1C(=O)C(C)Oc2ccccc21. The topological polar surface area (TPSA) is 67.9 Å². The number of benzene rings is 2. The Kier molecular flexibility index (Phi) is 5.04. The van der Waals surface area contributed by atoms with Crippen molar-refractivity contribution in [1.29, 1.82) is 0 Å². The van der Waals surface area contributed by atoms with Crippen LogP contribution < -0.4 is 19.7 Å². The molecule has 1 aliphatic heterocycles. The van der Waals surface area contributed by atoms with Gasteiger partial charge in [-0.05, 0) is 37.6 Å². The van der Waals surface area contributed by atoms with E-state index in [9.17, 15) is 9.59 Å². The number of nitrogens with zero attached hydrogens (tertiary/aromatic N) is 1. The summed E-state index contributed by atoms with van der Waals surface area (Å²) in [4.78, 5) is 26.5. The summed E-state index contributed by atoms with van der Waals surface area (Å²) in [5.41, 5.74) is 1.88. The van der Waals surface area contributed by atoms with E-state index >= 15 is 0 Å². The summed E-state index contributed by atoms with van der Waals surface area (Å²) in [6.45, 7) is 3.37. The monoisotopic (exact) mass is 374 g/mol. The summed E-state index contributed by atoms with van der Waals surface area (Å²) in [7, 11) is 1.50. The third-order valence-corrected chi connectivity index (χ3v) is 4.54. The molecule has 1 N–H and O–H groups in total. The molecule has 2 aromatic carbocycles. The van der Waals surface area contributed by atoms with E-state index in [-0.39, 0.29) is 18.4 Å². The van der Waals surface area contributed by atoms with Crippen LogP contribution in [-0.4, -0.2) is 31.6 Å². The number of hydrogen-bond donors (Lipinski definition) is 1. The van der Waals surface area contributed by atoms with Gasteiger partial charge in [0.25, 0.3) is 5.91 Å². The van der Waals surface area contributed by atoms with Crippen LogP contribution in [0.15, 0.2) is 36.4 Å². The van der Waals surface area contributed by atoms with Gasteiger partial charge < -0.3 is 14.8 Å². The number of aryl methyl sites for hydroxylation is 1. The fraction of sp³-hybridized carbons (Fsp3) is 0.263. The predicted octanol–water partition coefficient (Wildman–Crippen LogP) is 3.41. The zero-order valence-corrected chi connectivity index (χ0v) is 15.5. The van der Waals surface area contributed by atoms with Crippen LogP contribution in [0.1, 0.15) is 12.5 Å². The minimum atomic E-state index is -0.648. The predicted molar refractivity (Wildman–Crippen MR) is 100 cm³/mol. The first-order chi connectivity index (χ1) is 12.4. The summed E-state index contributed by atoms with van der Waals surface area (Å²) in [5.74, 6) is 0.420. The fourth-order valence-electron chi connectivity index (χ4n) is 2.79. The molecule has 1 unspecified atom stereocenters. The van der Waals surface area contributed by atoms with Gasteiger partial charge in [-0.3, -0.25) is 14.5 Å². The molecule has 1 aliphatic rings. The van der Waals surface area contributed by atoms with Crippen LogP contribution in [0, 0.1) is 6.92 Å². The molecular weight excluding hydrogens is 356 g/mol. The quantitative estimate of drug-likeness (QED) is 0.890. The highest BCUT2D eigenvalue weighted by molar-refractivity contribution is 6.31. The van der Waals surface area contributed by atoms with Crippen molar-refractivity contribution in [3.05, 3.63) is 47.0 Å². The number of halogens is 1. The van der Waals surface area contributed by atoms with E-state index in [1.807, 2.05) is 13.0 Å². The Morgan fingerprint density at radius 3 is 2.81 bits per heavy atom. The molecule has 0 spiro atoms. The van der Waals surface area contributed by atoms with Crippen molar-refractivity contribution in [3.63, 3.8) is 0 Å². The Bertz CT molecular complexity index is 869. The van der Waals surface area contributed by atoms with Crippen molar-refractivity contribution in [2.24, 2.45) is 0 Å². The molecule has 0 aromatic heterocycles. The highest BCUT2D eigenvalue weighted by Crippen LogP contribution is 2.34. The molecule has 3 rings (SSSR count). The normalized spacial score (nSPS) is 15.9. The lowest BCUT2D eigenvalue weighted by Crippen LogP contribution is -2.47. The first-order valence-electron chi connectivity index (χ1n) is 8.11. The number of carbonyl (C=O) groups excluding carboxylic acids is 2. The average molecular weight is 375 g/mol. The van der Waals surface area contributed by atoms with Gasteiger partial charge in [0.05, 0.1) is 18.5 Å². The Labute approximate surface area is 156 Å². The maximum absolute atomic E-state index is 12.6. The van der Waals surface area contributed by atoms with Crippen LogP contribution in [0.2, 0.25) is 5.02 Å². The smallest absolute Gasteiger partial charge is 0.268 e. The lowest BCUT2D eigenvalue weighted by Gasteiger charge is -2.32. The summed E-state index contributed by atoms with van der Waals surface area (Å²) >= 11 is 6.09. The Morgan fingerprint density at radius 2 is 2.08 bits per heavy atom. The second-order valence-electron chi connectivity index (χ2n) is 6.00. The fourth-order valence-corrected chi connectivity index (χ4v) is 2.94. The molecule has 2 amide bonds. The van der Waals surface area contributed by atoms with Crippen molar-refractivity contribution < 1.29 is 19.1 Å². The van der Waals surface area contributed by atoms with Gasteiger partial charge in [0.1, 0.15) is 18.0 Å². The van der Waals surface area contributed by atoms with E-state index in [1.165, 1.54) is 12.0 Å². The summed E-state index contributed by atoms with van der Waals surface area (Å²) < 4.78 is 10.8. The number of ether oxygens (including phenoxy) is 2. The van der Waals surface area contributed by atoms with Gasteiger partial charge in [-0.25, -0.2) is 0 Å². The van der Waals surface area contributed by atoms with E-state index in [4.69, 9.17) is 21.1 Å². The standard InChI is InChI=1S/C19H19ClN2O4/c1-11-8-14(17(25-3)9-13(11)20)21-18(23)10-22-15-6-4-5-7-16(15)26-12(2)19(22)24/h4-9,12H,10H2,1-3H3,(H,21,23). The molecule has 136 valence electrons. The van der Waals surface area contributed by atoms with Crippen molar-refractivity contribution in [2.75, 3.05) is 23.9 Å². The maximum Gasteiger partial charge on any atom is 0.268 e. The molecule has 0 saturated heterocycles. The molecule has 6 nitrogen and oxygen atoms in total. The van der Waals surface area contributed by atoms with Crippen molar-refractivity contribution in [1.82, 2.24) is 0 Å². The molecule has 26 heavy (non-hydrogen) atoms. The third-order valence-electron chi connectivity index (χ3n) is 4.13. The number of rotatable bonds is 4. The van der Waals surface area contributed by atoms with E-state index in [2.05, 4.69) is 5.32 Å². The van der Waals surface area contributed by atoms with Crippen LogP contribution in [0.5, 0.6) is 11.5 Å². The molecular formula is C19H19ClN2O4. The van der Waals surface area contributed by atoms with Crippen molar-refractivity contribution >= 4 is 34.8 Å². The van der Waals surface area contributed by atoms with Gasteiger partial charge in [-0.1, -0.05) is 23.7 Å². The molecule has 0 fully saturated rings. The van der Waals surface area contributed by atoms with Crippen molar-refractivity contribution in [3.8, 4) is 11.5 Å². The Balaban J connectivity index is 1.82. The first-order valence-corrected chi connectivity index (χ1v) is 8.49. The van der Waals surface area contributed by atoms with Crippen molar-refractivity contribution in [2.45, 2.75) is 20.0 Å². The van der Waals surface area contributed by atoms with E-state index in [0.717, 1.165) is 5.56 Å². The second-order valence-corrected chi connectivity index (χ2v) is 6.41. The molecule has 7 heteroatoms. The zero-order chi connectivity index (χ0) is 18.8. The summed E-state index contributed by atoms with van der Waals surface area (Å²) in [6, 6.07) is 10.5. The van der Waals surface area contributed by atoms with Gasteiger partial charge in [0, 0.05) is 11.1 Å². The first kappa shape index (κ1) is 18.1. The highest BCUT2D eigenvalue weighted by atomic mass is 35.5. The molecule has 1 atom stereocenters. The maximum atomic E-state index is 12.6. The van der Waals surface area contributed by atoms with Crippen LogP contribution in [0.25, 0.3) is 0 Å². The number of fused-ring (bicyclic) bond motifs is 1. The minimum Gasteiger partial charge on any atom is -0.495 e.